The lowest BCUT2D eigenvalue weighted by Crippen LogP contribution is -2.33. The molecule has 6 nitrogen and oxygen atoms in total. The van der Waals surface area contributed by atoms with Gasteiger partial charge in [-0.05, 0) is 56.8 Å². The molecule has 0 spiro atoms. The van der Waals surface area contributed by atoms with Crippen molar-refractivity contribution in [1.29, 1.82) is 0 Å². The van der Waals surface area contributed by atoms with Gasteiger partial charge in [0, 0.05) is 22.6 Å². The van der Waals surface area contributed by atoms with Crippen LogP contribution in [0.2, 0.25) is 0 Å². The van der Waals surface area contributed by atoms with Gasteiger partial charge in [0.25, 0.3) is 5.91 Å². The number of fused-ring (bicyclic) bond motifs is 1. The number of likely N-dealkylation sites (N-methyl/N-ethyl adjacent to an activating group) is 1. The van der Waals surface area contributed by atoms with Crippen molar-refractivity contribution in [1.82, 2.24) is 9.88 Å². The molecule has 3 rings (SSSR count). The number of carbonyl (C=O) groups excluding carboxylic acids is 2. The Morgan fingerprint density at radius 3 is 2.64 bits per heavy atom. The Hall–Kier alpha value is -2.93. The smallest absolute Gasteiger partial charge is 0.256 e. The Morgan fingerprint density at radius 1 is 1.25 bits per heavy atom. The molecule has 7 heteroatoms. The van der Waals surface area contributed by atoms with Crippen molar-refractivity contribution < 1.29 is 14.0 Å². The van der Waals surface area contributed by atoms with Crippen LogP contribution in [-0.2, 0) is 9.59 Å². The molecule has 0 saturated carbocycles. The first-order valence-corrected chi connectivity index (χ1v) is 9.38. The Bertz CT molecular complexity index is 958. The number of benzene rings is 1. The maximum absolute atomic E-state index is 13.6. The summed E-state index contributed by atoms with van der Waals surface area (Å²) in [7, 11) is 0. The van der Waals surface area contributed by atoms with E-state index < -0.39 is 5.82 Å². The predicted molar refractivity (Wildman–Crippen MR) is 110 cm³/mol. The quantitative estimate of drug-likeness (QED) is 0.667. The van der Waals surface area contributed by atoms with Gasteiger partial charge in [0.1, 0.15) is 5.82 Å². The summed E-state index contributed by atoms with van der Waals surface area (Å²) < 4.78 is 13.6. The summed E-state index contributed by atoms with van der Waals surface area (Å²) in [6.45, 7) is 9.70. The molecule has 0 aliphatic carbocycles. The summed E-state index contributed by atoms with van der Waals surface area (Å²) in [5.74, 6) is -0.761. The van der Waals surface area contributed by atoms with Crippen molar-refractivity contribution >= 4 is 34.8 Å². The molecule has 1 aliphatic rings. The summed E-state index contributed by atoms with van der Waals surface area (Å²) in [5, 5.41) is 5.70. The third kappa shape index (κ3) is 3.84. The zero-order valence-electron chi connectivity index (χ0n) is 16.6. The lowest BCUT2D eigenvalue weighted by molar-refractivity contribution is -0.117. The molecule has 0 unspecified atom stereocenters. The minimum atomic E-state index is -0.398. The minimum Gasteiger partial charge on any atom is -0.357 e. The van der Waals surface area contributed by atoms with Crippen LogP contribution in [0.15, 0.2) is 18.2 Å². The van der Waals surface area contributed by atoms with Crippen LogP contribution in [0.3, 0.4) is 0 Å². The van der Waals surface area contributed by atoms with Gasteiger partial charge in [0.15, 0.2) is 0 Å². The van der Waals surface area contributed by atoms with E-state index in [1.807, 2.05) is 32.6 Å². The molecule has 0 saturated heterocycles. The van der Waals surface area contributed by atoms with Crippen molar-refractivity contribution in [3.8, 4) is 0 Å². The molecule has 1 aliphatic heterocycles. The van der Waals surface area contributed by atoms with Crippen LogP contribution >= 0.6 is 0 Å². The first-order chi connectivity index (χ1) is 13.3. The molecule has 148 valence electrons. The number of rotatable bonds is 6. The van der Waals surface area contributed by atoms with Gasteiger partial charge in [-0.15, -0.1) is 0 Å². The van der Waals surface area contributed by atoms with E-state index in [0.717, 1.165) is 24.3 Å². The predicted octanol–water partition coefficient (Wildman–Crippen LogP) is 3.54. The average molecular weight is 384 g/mol. The van der Waals surface area contributed by atoms with E-state index in [1.54, 1.807) is 12.1 Å². The number of hydrogen-bond acceptors (Lipinski definition) is 3. The number of carbonyl (C=O) groups is 2. The number of aryl methyl sites for hydroxylation is 1. The first-order valence-electron chi connectivity index (χ1n) is 9.38. The molecule has 1 aromatic carbocycles. The molecule has 0 atom stereocenters. The topological polar surface area (TPSA) is 77.2 Å². The van der Waals surface area contributed by atoms with E-state index >= 15 is 0 Å². The maximum Gasteiger partial charge on any atom is 0.256 e. The van der Waals surface area contributed by atoms with E-state index in [2.05, 4.69) is 15.6 Å². The fraction of sp³-hybridized carbons (Fsp3) is 0.333. The molecule has 2 heterocycles. The molecule has 28 heavy (non-hydrogen) atoms. The number of nitrogens with zero attached hydrogens (tertiary/aromatic N) is 1. The second kappa shape index (κ2) is 7.98. The van der Waals surface area contributed by atoms with Crippen LogP contribution in [0.1, 0.15) is 36.4 Å². The van der Waals surface area contributed by atoms with Gasteiger partial charge in [-0.3, -0.25) is 14.5 Å². The summed E-state index contributed by atoms with van der Waals surface area (Å²) in [4.78, 5) is 29.9. The van der Waals surface area contributed by atoms with Crippen molar-refractivity contribution in [3.63, 3.8) is 0 Å². The van der Waals surface area contributed by atoms with Crippen molar-refractivity contribution in [2.45, 2.75) is 27.7 Å². The highest BCUT2D eigenvalue weighted by molar-refractivity contribution is 6.34. The van der Waals surface area contributed by atoms with Crippen LogP contribution in [0.25, 0.3) is 11.6 Å². The van der Waals surface area contributed by atoms with Crippen LogP contribution in [0.5, 0.6) is 0 Å². The fourth-order valence-corrected chi connectivity index (χ4v) is 3.38. The van der Waals surface area contributed by atoms with E-state index in [0.29, 0.717) is 34.8 Å². The van der Waals surface area contributed by atoms with Crippen LogP contribution in [0, 0.1) is 19.7 Å². The molecule has 2 amide bonds. The summed E-state index contributed by atoms with van der Waals surface area (Å²) in [6, 6.07) is 4.21. The second-order valence-electron chi connectivity index (χ2n) is 6.88. The van der Waals surface area contributed by atoms with Gasteiger partial charge < -0.3 is 15.6 Å². The van der Waals surface area contributed by atoms with Gasteiger partial charge >= 0.3 is 0 Å². The summed E-state index contributed by atoms with van der Waals surface area (Å²) >= 11 is 0. The molecular formula is C21H25FN4O2. The van der Waals surface area contributed by atoms with Crippen molar-refractivity contribution in [2.24, 2.45) is 0 Å². The number of aromatic nitrogens is 1. The Morgan fingerprint density at radius 2 is 1.96 bits per heavy atom. The number of halogens is 1. The van der Waals surface area contributed by atoms with Gasteiger partial charge in [-0.2, -0.15) is 0 Å². The zero-order chi connectivity index (χ0) is 20.4. The number of H-pyrrole nitrogens is 1. The Balaban J connectivity index is 1.89. The number of anilines is 2. The minimum absolute atomic E-state index is 0.0841. The van der Waals surface area contributed by atoms with Gasteiger partial charge in [-0.1, -0.05) is 13.8 Å². The SMILES string of the molecule is CCN(CC)CC(=O)Nc1c(C)[nH]c(C=C2C(=O)Nc3ccc(F)cc32)c1C. The third-order valence-electron chi connectivity index (χ3n) is 5.06. The maximum atomic E-state index is 13.6. The molecule has 2 aromatic rings. The first kappa shape index (κ1) is 19.8. The van der Waals surface area contributed by atoms with Gasteiger partial charge in [0.2, 0.25) is 5.91 Å². The lowest BCUT2D eigenvalue weighted by atomic mass is 10.0. The highest BCUT2D eigenvalue weighted by atomic mass is 19.1. The molecule has 3 N–H and O–H groups in total. The van der Waals surface area contributed by atoms with E-state index in [9.17, 15) is 14.0 Å². The van der Waals surface area contributed by atoms with E-state index in [4.69, 9.17) is 0 Å². The second-order valence-corrected chi connectivity index (χ2v) is 6.88. The molecule has 0 fully saturated rings. The van der Waals surface area contributed by atoms with Crippen LogP contribution in [0.4, 0.5) is 15.8 Å². The average Bonchev–Trinajstić information content (AvgIpc) is 3.10. The monoisotopic (exact) mass is 384 g/mol. The molecule has 0 radical (unpaired) electrons. The highest BCUT2D eigenvalue weighted by Gasteiger charge is 2.25. The molecule has 0 bridgehead atoms. The van der Waals surface area contributed by atoms with Crippen molar-refractivity contribution in [3.05, 3.63) is 46.5 Å². The largest absolute Gasteiger partial charge is 0.357 e. The van der Waals surface area contributed by atoms with E-state index in [-0.39, 0.29) is 11.8 Å². The van der Waals surface area contributed by atoms with Crippen LogP contribution in [-0.4, -0.2) is 41.3 Å². The van der Waals surface area contributed by atoms with Crippen LogP contribution < -0.4 is 10.6 Å². The third-order valence-corrected chi connectivity index (χ3v) is 5.06. The van der Waals surface area contributed by atoms with Gasteiger partial charge in [-0.25, -0.2) is 4.39 Å². The Labute approximate surface area is 163 Å². The summed E-state index contributed by atoms with van der Waals surface area (Å²) in [6.07, 6.45) is 1.70. The zero-order valence-corrected chi connectivity index (χ0v) is 16.6. The fourth-order valence-electron chi connectivity index (χ4n) is 3.38. The van der Waals surface area contributed by atoms with E-state index in [1.165, 1.54) is 12.1 Å². The number of nitrogens with one attached hydrogen (secondary N) is 3. The Kier molecular flexibility index (Phi) is 5.65. The number of hydrogen-bond donors (Lipinski definition) is 3. The number of aromatic amines is 1. The number of amides is 2. The lowest BCUT2D eigenvalue weighted by Gasteiger charge is -2.17. The molecule has 1 aromatic heterocycles. The van der Waals surface area contributed by atoms with Gasteiger partial charge in [0.05, 0.1) is 17.8 Å². The molecular weight excluding hydrogens is 359 g/mol. The standard InChI is InChI=1S/C21H25FN4O2/c1-5-26(6-2)11-19(27)25-20-12(3)18(23-13(20)4)10-16-15-9-14(22)7-8-17(15)24-21(16)28/h7-10,23H,5-6,11H2,1-4H3,(H,24,28)(H,25,27). The normalized spacial score (nSPS) is 14.5. The van der Waals surface area contributed by atoms with Crippen molar-refractivity contribution in [2.75, 3.05) is 30.3 Å². The highest BCUT2D eigenvalue weighted by Crippen LogP contribution is 2.35. The summed E-state index contributed by atoms with van der Waals surface area (Å²) in [5.41, 5.74) is 4.56.